The normalized spacial score (nSPS) is 25.5. The van der Waals surface area contributed by atoms with Crippen molar-refractivity contribution in [1.82, 2.24) is 19.8 Å². The predicted molar refractivity (Wildman–Crippen MR) is 112 cm³/mol. The molecule has 2 aromatic rings. The molecule has 3 aliphatic carbocycles. The number of amides is 2. The van der Waals surface area contributed by atoms with Crippen LogP contribution in [0.25, 0.3) is 11.0 Å². The lowest BCUT2D eigenvalue weighted by Crippen LogP contribution is -2.50. The number of fused-ring (bicyclic) bond motifs is 2. The lowest BCUT2D eigenvalue weighted by atomic mass is 10.0. The van der Waals surface area contributed by atoms with Crippen LogP contribution in [0.2, 0.25) is 0 Å². The summed E-state index contributed by atoms with van der Waals surface area (Å²) in [4.78, 5) is 29.5. The van der Waals surface area contributed by atoms with Crippen molar-refractivity contribution in [2.75, 3.05) is 19.6 Å². The molecule has 184 valence electrons. The first-order valence-electron chi connectivity index (χ1n) is 11.5. The number of carbonyl (C=O) groups is 2. The first-order chi connectivity index (χ1) is 16.0. The maximum atomic E-state index is 13.5. The average Bonchev–Trinajstić information content (AvgIpc) is 3.69. The Labute approximate surface area is 192 Å². The first kappa shape index (κ1) is 23.0. The van der Waals surface area contributed by atoms with E-state index in [4.69, 9.17) is 0 Å². The second-order valence-electron chi connectivity index (χ2n) is 9.68. The van der Waals surface area contributed by atoms with E-state index in [2.05, 4.69) is 10.3 Å². The van der Waals surface area contributed by atoms with Gasteiger partial charge in [0.2, 0.25) is 5.91 Å². The van der Waals surface area contributed by atoms with Crippen LogP contribution >= 0.6 is 0 Å². The van der Waals surface area contributed by atoms with Gasteiger partial charge < -0.3 is 14.8 Å². The molecule has 6 nitrogen and oxygen atoms in total. The Morgan fingerprint density at radius 3 is 2.44 bits per heavy atom. The van der Waals surface area contributed by atoms with E-state index in [0.717, 1.165) is 31.7 Å². The van der Waals surface area contributed by atoms with Crippen molar-refractivity contribution < 1.29 is 31.5 Å². The van der Waals surface area contributed by atoms with Gasteiger partial charge in [-0.3, -0.25) is 9.59 Å². The zero-order valence-electron chi connectivity index (χ0n) is 18.6. The van der Waals surface area contributed by atoms with E-state index in [1.807, 2.05) is 0 Å². The molecule has 3 saturated carbocycles. The van der Waals surface area contributed by atoms with Crippen molar-refractivity contribution in [3.63, 3.8) is 0 Å². The Balaban J connectivity index is 0.000000252. The van der Waals surface area contributed by atoms with Gasteiger partial charge in [0.1, 0.15) is 12.1 Å². The van der Waals surface area contributed by atoms with Crippen LogP contribution in [0.3, 0.4) is 0 Å². The van der Waals surface area contributed by atoms with E-state index in [1.165, 1.54) is 16.5 Å². The maximum absolute atomic E-state index is 13.5. The minimum atomic E-state index is -4.55. The van der Waals surface area contributed by atoms with Crippen molar-refractivity contribution in [2.24, 2.45) is 18.9 Å². The highest BCUT2D eigenvalue weighted by molar-refractivity contribution is 5.98. The number of aromatic nitrogens is 2. The van der Waals surface area contributed by atoms with Gasteiger partial charge in [-0.25, -0.2) is 13.8 Å². The van der Waals surface area contributed by atoms with Crippen LogP contribution in [0, 0.1) is 11.8 Å². The molecule has 1 aromatic heterocycles. The van der Waals surface area contributed by atoms with E-state index in [9.17, 15) is 31.5 Å². The summed E-state index contributed by atoms with van der Waals surface area (Å²) in [6.45, 7) is 0.489. The number of nitrogens with zero attached hydrogens (tertiary/aromatic N) is 3. The summed E-state index contributed by atoms with van der Waals surface area (Å²) in [6, 6.07) is 2.84. The number of benzene rings is 1. The number of halogens is 5. The molecule has 2 atom stereocenters. The van der Waals surface area contributed by atoms with Gasteiger partial charge in [0.25, 0.3) is 11.8 Å². The third-order valence-electron chi connectivity index (χ3n) is 7.19. The Hall–Kier alpha value is -2.72. The summed E-state index contributed by atoms with van der Waals surface area (Å²) in [6.07, 6.45) is -1.08. The average molecular weight is 484 g/mol. The second kappa shape index (κ2) is 7.91. The summed E-state index contributed by atoms with van der Waals surface area (Å²) < 4.78 is 66.7. The Morgan fingerprint density at radius 2 is 1.94 bits per heavy atom. The van der Waals surface area contributed by atoms with Gasteiger partial charge in [-0.1, -0.05) is 0 Å². The summed E-state index contributed by atoms with van der Waals surface area (Å²) in [5, 5.41) is 2.61. The summed E-state index contributed by atoms with van der Waals surface area (Å²) in [5.74, 6) is -2.86. The van der Waals surface area contributed by atoms with Crippen LogP contribution in [0.15, 0.2) is 12.1 Å². The largest absolute Gasteiger partial charge is 0.418 e. The maximum Gasteiger partial charge on any atom is 0.418 e. The van der Waals surface area contributed by atoms with Crippen LogP contribution in [-0.2, 0) is 18.0 Å². The van der Waals surface area contributed by atoms with Gasteiger partial charge in [-0.2, -0.15) is 13.2 Å². The van der Waals surface area contributed by atoms with Crippen molar-refractivity contribution >= 4 is 22.8 Å². The highest BCUT2D eigenvalue weighted by Gasteiger charge is 2.59. The fourth-order valence-electron chi connectivity index (χ4n) is 4.97. The number of hydrogen-bond acceptors (Lipinski definition) is 3. The summed E-state index contributed by atoms with van der Waals surface area (Å²) in [5.41, 5.74) is -0.132. The Bertz CT molecular complexity index is 1150. The van der Waals surface area contributed by atoms with E-state index in [-0.39, 0.29) is 47.6 Å². The Kier molecular flexibility index (Phi) is 5.36. The van der Waals surface area contributed by atoms with Gasteiger partial charge in [0.15, 0.2) is 5.82 Å². The molecule has 1 saturated heterocycles. The van der Waals surface area contributed by atoms with Crippen molar-refractivity contribution in [3.05, 3.63) is 29.1 Å². The molecule has 0 bridgehead atoms. The number of hydrogen-bond donors (Lipinski definition) is 1. The molecule has 34 heavy (non-hydrogen) atoms. The third-order valence-corrected chi connectivity index (χ3v) is 7.19. The van der Waals surface area contributed by atoms with Crippen molar-refractivity contribution in [3.8, 4) is 0 Å². The molecule has 0 radical (unpaired) electrons. The van der Waals surface area contributed by atoms with E-state index in [0.29, 0.717) is 24.6 Å². The van der Waals surface area contributed by atoms with Crippen LogP contribution in [0.4, 0.5) is 22.0 Å². The zero-order valence-corrected chi connectivity index (χ0v) is 18.6. The molecule has 2 heterocycles. The molecule has 1 aliphatic heterocycles. The molecule has 4 aliphatic rings. The van der Waals surface area contributed by atoms with Crippen LogP contribution in [0.5, 0.6) is 0 Å². The molecule has 2 amide bonds. The molecule has 1 N–H and O–H groups in total. The molecule has 1 aromatic carbocycles. The molecular weight excluding hydrogens is 459 g/mol. The highest BCUT2D eigenvalue weighted by Crippen LogP contribution is 2.59. The minimum Gasteiger partial charge on any atom is -0.353 e. The van der Waals surface area contributed by atoms with Gasteiger partial charge in [-0.05, 0) is 55.2 Å². The quantitative estimate of drug-likeness (QED) is 0.653. The Morgan fingerprint density at radius 1 is 1.21 bits per heavy atom. The number of rotatable bonds is 2. The van der Waals surface area contributed by atoms with E-state index in [1.54, 1.807) is 6.07 Å². The third kappa shape index (κ3) is 4.24. The van der Waals surface area contributed by atoms with Crippen molar-refractivity contribution in [2.45, 2.75) is 50.1 Å². The zero-order chi connectivity index (χ0) is 24.4. The van der Waals surface area contributed by atoms with Gasteiger partial charge in [-0.15, -0.1) is 0 Å². The first-order valence-corrected chi connectivity index (χ1v) is 11.5. The predicted octanol–water partition coefficient (Wildman–Crippen LogP) is 4.09. The molecule has 6 rings (SSSR count). The lowest BCUT2D eigenvalue weighted by molar-refractivity contribution is -0.136. The molecule has 4 fully saturated rings. The molecule has 0 spiro atoms. The number of nitrogens with one attached hydrogen (secondary N) is 1. The number of aryl methyl sites for hydroxylation is 1. The van der Waals surface area contributed by atoms with Crippen molar-refractivity contribution in [1.29, 1.82) is 0 Å². The molecule has 2 unspecified atom stereocenters. The summed E-state index contributed by atoms with van der Waals surface area (Å²) in [7, 11) is 1.53. The van der Waals surface area contributed by atoms with Crippen LogP contribution < -0.4 is 5.32 Å². The monoisotopic (exact) mass is 484 g/mol. The van der Waals surface area contributed by atoms with E-state index < -0.39 is 23.6 Å². The van der Waals surface area contributed by atoms with Gasteiger partial charge >= 0.3 is 6.18 Å². The number of imidazole rings is 1. The summed E-state index contributed by atoms with van der Waals surface area (Å²) >= 11 is 0. The van der Waals surface area contributed by atoms with Gasteiger partial charge in [0, 0.05) is 32.5 Å². The number of piperazine rings is 1. The number of alkyl halides is 5. The van der Waals surface area contributed by atoms with Crippen LogP contribution in [-0.4, -0.2) is 51.8 Å². The fraction of sp³-hybridized carbons (Fsp3) is 0.609. The highest BCUT2D eigenvalue weighted by atomic mass is 19.4. The molecule has 11 heteroatoms. The van der Waals surface area contributed by atoms with E-state index >= 15 is 0 Å². The topological polar surface area (TPSA) is 67.2 Å². The SMILES string of the molecule is Cn1c(C(=O)N2CCNC(=O)C2)nc2c(C(F)(F)F)cc(C3CC3)cc21.FC1(F)CCC2CC21. The smallest absolute Gasteiger partial charge is 0.353 e. The standard InChI is InChI=1S/C17H17F3N4O2.C6H8F2/c1-23-12-7-10(9-2-3-9)6-11(17(18,19)20)14(12)22-15(23)16(26)24-5-4-21-13(25)8-24;7-6(8)2-1-4-3-5(4)6/h6-7,9H,2-5,8H2,1H3,(H,21,25);4-5H,1-3H2. The molecular formula is C23H25F5N4O2. The minimum absolute atomic E-state index is 0.0897. The second-order valence-corrected chi connectivity index (χ2v) is 9.68. The van der Waals surface area contributed by atoms with Gasteiger partial charge in [0.05, 0.1) is 11.1 Å². The number of carbonyl (C=O) groups excluding carboxylic acids is 2. The fourth-order valence-corrected chi connectivity index (χ4v) is 4.97. The lowest BCUT2D eigenvalue weighted by Gasteiger charge is -2.26. The van der Waals surface area contributed by atoms with Crippen LogP contribution in [0.1, 0.15) is 59.8 Å².